The standard InChI is InChI=1S/C17H18F3N3O/c1-4-16(24)23-10-11(2)22(9-12(23)3)14-6-5-13(8-21)15(7-14)17(18,19)20/h4-7,11-12H,1,9-10H2,2-3H3/t11-,12+/m0/s1. The number of amides is 1. The molecule has 0 N–H and O–H groups in total. The molecule has 1 saturated heterocycles. The molecule has 0 spiro atoms. The second kappa shape index (κ2) is 6.56. The zero-order valence-corrected chi connectivity index (χ0v) is 13.5. The highest BCUT2D eigenvalue weighted by Gasteiger charge is 2.36. The van der Waals surface area contributed by atoms with Gasteiger partial charge in [0.05, 0.1) is 17.2 Å². The molecule has 24 heavy (non-hydrogen) atoms. The number of nitriles is 1. The predicted molar refractivity (Wildman–Crippen MR) is 84.3 cm³/mol. The summed E-state index contributed by atoms with van der Waals surface area (Å²) in [6.45, 7) is 7.96. The van der Waals surface area contributed by atoms with Crippen molar-refractivity contribution in [2.45, 2.75) is 32.1 Å². The van der Waals surface area contributed by atoms with Gasteiger partial charge in [0, 0.05) is 30.9 Å². The van der Waals surface area contributed by atoms with E-state index < -0.39 is 17.3 Å². The summed E-state index contributed by atoms with van der Waals surface area (Å²) in [7, 11) is 0. The van der Waals surface area contributed by atoms with Crippen LogP contribution in [-0.2, 0) is 11.0 Å². The monoisotopic (exact) mass is 337 g/mol. The molecule has 0 unspecified atom stereocenters. The van der Waals surface area contributed by atoms with Crippen molar-refractivity contribution in [3.63, 3.8) is 0 Å². The maximum Gasteiger partial charge on any atom is 0.417 e. The molecule has 1 aromatic carbocycles. The fourth-order valence-corrected chi connectivity index (χ4v) is 2.95. The van der Waals surface area contributed by atoms with Crippen LogP contribution in [0.5, 0.6) is 0 Å². The van der Waals surface area contributed by atoms with Gasteiger partial charge in [-0.3, -0.25) is 4.79 Å². The van der Waals surface area contributed by atoms with E-state index in [0.29, 0.717) is 18.8 Å². The Labute approximate surface area is 138 Å². The summed E-state index contributed by atoms with van der Waals surface area (Å²) in [5.74, 6) is -0.190. The molecule has 4 nitrogen and oxygen atoms in total. The molecule has 2 atom stereocenters. The van der Waals surface area contributed by atoms with Gasteiger partial charge in [-0.1, -0.05) is 6.58 Å². The fourth-order valence-electron chi connectivity index (χ4n) is 2.95. The van der Waals surface area contributed by atoms with E-state index in [4.69, 9.17) is 5.26 Å². The molecule has 0 radical (unpaired) electrons. The quantitative estimate of drug-likeness (QED) is 0.779. The Balaban J connectivity index is 2.35. The number of nitrogens with zero attached hydrogens (tertiary/aromatic N) is 3. The summed E-state index contributed by atoms with van der Waals surface area (Å²) in [5, 5.41) is 8.88. The molecule has 7 heteroatoms. The third kappa shape index (κ3) is 3.37. The number of hydrogen-bond acceptors (Lipinski definition) is 3. The average Bonchev–Trinajstić information content (AvgIpc) is 2.54. The van der Waals surface area contributed by atoms with E-state index in [-0.39, 0.29) is 18.0 Å². The number of alkyl halides is 3. The minimum atomic E-state index is -4.59. The topological polar surface area (TPSA) is 47.3 Å². The molecule has 0 aliphatic carbocycles. The fraction of sp³-hybridized carbons (Fsp3) is 0.412. The van der Waals surface area contributed by atoms with Crippen molar-refractivity contribution >= 4 is 11.6 Å². The van der Waals surface area contributed by atoms with E-state index in [2.05, 4.69) is 6.58 Å². The number of rotatable bonds is 2. The molecule has 0 bridgehead atoms. The zero-order chi connectivity index (χ0) is 18.1. The van der Waals surface area contributed by atoms with Gasteiger partial charge in [-0.2, -0.15) is 18.4 Å². The van der Waals surface area contributed by atoms with Gasteiger partial charge in [-0.05, 0) is 38.1 Å². The van der Waals surface area contributed by atoms with Gasteiger partial charge in [0.25, 0.3) is 0 Å². The number of benzene rings is 1. The summed E-state index contributed by atoms with van der Waals surface area (Å²) in [4.78, 5) is 15.3. The maximum absolute atomic E-state index is 13.1. The highest BCUT2D eigenvalue weighted by atomic mass is 19.4. The van der Waals surface area contributed by atoms with Crippen LogP contribution in [0.4, 0.5) is 18.9 Å². The SMILES string of the molecule is C=CC(=O)N1C[C@H](C)N(c2ccc(C#N)c(C(F)(F)F)c2)C[C@H]1C. The third-order valence-electron chi connectivity index (χ3n) is 4.20. The lowest BCUT2D eigenvalue weighted by atomic mass is 10.0. The first-order valence-corrected chi connectivity index (χ1v) is 7.50. The molecular weight excluding hydrogens is 319 g/mol. The first-order chi connectivity index (χ1) is 11.2. The minimum absolute atomic E-state index is 0.154. The highest BCUT2D eigenvalue weighted by molar-refractivity contribution is 5.87. The molecular formula is C17H18F3N3O. The number of hydrogen-bond donors (Lipinski definition) is 0. The minimum Gasteiger partial charge on any atom is -0.365 e. The van der Waals surface area contributed by atoms with Crippen LogP contribution in [0.15, 0.2) is 30.9 Å². The first-order valence-electron chi connectivity index (χ1n) is 7.50. The summed E-state index contributed by atoms with van der Waals surface area (Å²) < 4.78 is 39.4. The van der Waals surface area contributed by atoms with Gasteiger partial charge in [0.2, 0.25) is 5.91 Å². The summed E-state index contributed by atoms with van der Waals surface area (Å²) in [6, 6.07) is 4.98. The molecule has 1 amide bonds. The Morgan fingerprint density at radius 2 is 2.00 bits per heavy atom. The van der Waals surface area contributed by atoms with Crippen molar-refractivity contribution in [2.24, 2.45) is 0 Å². The van der Waals surface area contributed by atoms with Crippen molar-refractivity contribution in [3.8, 4) is 6.07 Å². The number of anilines is 1. The molecule has 0 saturated carbocycles. The summed E-state index contributed by atoms with van der Waals surface area (Å²) in [6.07, 6.45) is -3.35. The normalized spacial score (nSPS) is 21.3. The molecule has 1 aliphatic rings. The Bertz CT molecular complexity index is 693. The van der Waals surface area contributed by atoms with Crippen molar-refractivity contribution < 1.29 is 18.0 Å². The van der Waals surface area contributed by atoms with Gasteiger partial charge < -0.3 is 9.80 Å². The van der Waals surface area contributed by atoms with Crippen LogP contribution in [0.3, 0.4) is 0 Å². The smallest absolute Gasteiger partial charge is 0.365 e. The number of carbonyl (C=O) groups excluding carboxylic acids is 1. The van der Waals surface area contributed by atoms with E-state index in [0.717, 1.165) is 6.07 Å². The number of halogens is 3. The second-order valence-corrected chi connectivity index (χ2v) is 5.88. The van der Waals surface area contributed by atoms with E-state index in [1.807, 2.05) is 18.7 Å². The highest BCUT2D eigenvalue weighted by Crippen LogP contribution is 2.35. The van der Waals surface area contributed by atoms with Crippen LogP contribution in [0.25, 0.3) is 0 Å². The van der Waals surface area contributed by atoms with Crippen LogP contribution < -0.4 is 4.90 Å². The molecule has 0 aromatic heterocycles. The van der Waals surface area contributed by atoms with Crippen LogP contribution in [0, 0.1) is 11.3 Å². The van der Waals surface area contributed by atoms with E-state index in [1.54, 1.807) is 11.0 Å². The lowest BCUT2D eigenvalue weighted by Crippen LogP contribution is -2.58. The van der Waals surface area contributed by atoms with Crippen molar-refractivity contribution in [1.82, 2.24) is 4.90 Å². The number of piperazine rings is 1. The summed E-state index contributed by atoms with van der Waals surface area (Å²) in [5.41, 5.74) is -0.939. The van der Waals surface area contributed by atoms with Gasteiger partial charge in [0.1, 0.15) is 0 Å². The van der Waals surface area contributed by atoms with Crippen molar-refractivity contribution in [3.05, 3.63) is 42.0 Å². The van der Waals surface area contributed by atoms with E-state index in [1.165, 1.54) is 18.2 Å². The second-order valence-electron chi connectivity index (χ2n) is 5.88. The Morgan fingerprint density at radius 1 is 1.33 bits per heavy atom. The predicted octanol–water partition coefficient (Wildman–Crippen LogP) is 3.19. The molecule has 1 heterocycles. The molecule has 1 fully saturated rings. The van der Waals surface area contributed by atoms with Gasteiger partial charge in [-0.25, -0.2) is 0 Å². The Morgan fingerprint density at radius 3 is 2.54 bits per heavy atom. The van der Waals surface area contributed by atoms with Gasteiger partial charge in [-0.15, -0.1) is 0 Å². The van der Waals surface area contributed by atoms with E-state index >= 15 is 0 Å². The van der Waals surface area contributed by atoms with Gasteiger partial charge >= 0.3 is 6.18 Å². The lowest BCUT2D eigenvalue weighted by Gasteiger charge is -2.45. The lowest BCUT2D eigenvalue weighted by molar-refractivity contribution is -0.137. The van der Waals surface area contributed by atoms with Crippen molar-refractivity contribution in [2.75, 3.05) is 18.0 Å². The van der Waals surface area contributed by atoms with Crippen LogP contribution in [-0.4, -0.2) is 36.0 Å². The number of carbonyl (C=O) groups is 1. The van der Waals surface area contributed by atoms with Crippen LogP contribution in [0.1, 0.15) is 25.0 Å². The van der Waals surface area contributed by atoms with Crippen LogP contribution >= 0.6 is 0 Å². The maximum atomic E-state index is 13.1. The Kier molecular flexibility index (Phi) is 4.88. The van der Waals surface area contributed by atoms with E-state index in [9.17, 15) is 18.0 Å². The molecule has 2 rings (SSSR count). The average molecular weight is 337 g/mol. The largest absolute Gasteiger partial charge is 0.417 e. The molecule has 1 aliphatic heterocycles. The molecule has 128 valence electrons. The zero-order valence-electron chi connectivity index (χ0n) is 13.5. The summed E-state index contributed by atoms with van der Waals surface area (Å²) >= 11 is 0. The van der Waals surface area contributed by atoms with Crippen molar-refractivity contribution in [1.29, 1.82) is 5.26 Å². The van der Waals surface area contributed by atoms with Gasteiger partial charge in [0.15, 0.2) is 0 Å². The third-order valence-corrected chi connectivity index (χ3v) is 4.20. The Hall–Kier alpha value is -2.49. The first kappa shape index (κ1) is 17.9. The van der Waals surface area contributed by atoms with Crippen LogP contribution in [0.2, 0.25) is 0 Å². The molecule has 1 aromatic rings.